The maximum absolute atomic E-state index is 12.2. The number of amides is 1. The van der Waals surface area contributed by atoms with Gasteiger partial charge in [0.2, 0.25) is 13.3 Å². The van der Waals surface area contributed by atoms with Crippen LogP contribution in [-0.2, 0) is 0 Å². The van der Waals surface area contributed by atoms with Gasteiger partial charge in [0.25, 0.3) is 0 Å². The predicted octanol–water partition coefficient (Wildman–Crippen LogP) is 2.48. The van der Waals surface area contributed by atoms with Crippen molar-refractivity contribution in [3.05, 3.63) is 60.6 Å². The number of hydrogen-bond acceptors (Lipinski definition) is 3. The molecule has 103 valence electrons. The molecule has 0 aliphatic carbocycles. The molecule has 6 heteroatoms. The maximum Gasteiger partial charge on any atom is 0.243 e. The summed E-state index contributed by atoms with van der Waals surface area (Å²) < 4.78 is 1.86. The summed E-state index contributed by atoms with van der Waals surface area (Å²) >= 11 is 0. The molecule has 3 rings (SSSR count). The Hall–Kier alpha value is -2.76. The average molecular weight is 277 g/mol. The minimum atomic E-state index is -0.161. The van der Waals surface area contributed by atoms with Gasteiger partial charge < -0.3 is 10.5 Å². The van der Waals surface area contributed by atoms with Gasteiger partial charge in [-0.15, -0.1) is 0 Å². The Morgan fingerprint density at radius 2 is 2.00 bits per heavy atom. The van der Waals surface area contributed by atoms with Crippen LogP contribution >= 0.6 is 0 Å². The van der Waals surface area contributed by atoms with Crippen molar-refractivity contribution in [3.63, 3.8) is 0 Å². The third kappa shape index (κ3) is 2.60. The molecule has 0 saturated heterocycles. The fraction of sp³-hybridized carbons (Fsp3) is 0.0667. The summed E-state index contributed by atoms with van der Waals surface area (Å²) in [6.45, 7) is 1.78. The number of pyridine rings is 1. The van der Waals surface area contributed by atoms with Crippen LogP contribution in [0.1, 0.15) is 10.4 Å². The number of aromatic nitrogens is 2. The van der Waals surface area contributed by atoms with Gasteiger partial charge in [-0.25, -0.2) is 4.98 Å². The van der Waals surface area contributed by atoms with Gasteiger partial charge in [0.15, 0.2) is 0 Å². The molecule has 0 atom stereocenters. The summed E-state index contributed by atoms with van der Waals surface area (Å²) in [5.41, 5.74) is 2.39. The highest BCUT2D eigenvalue weighted by atomic mass is 16.1. The average Bonchev–Trinajstić information content (AvgIpc) is 2.98. The Morgan fingerprint density at radius 3 is 2.76 bits per heavy atom. The maximum atomic E-state index is 12.2. The van der Waals surface area contributed by atoms with Gasteiger partial charge in [-0.3, -0.25) is 9.20 Å². The van der Waals surface area contributed by atoms with Crippen molar-refractivity contribution in [2.24, 2.45) is 0 Å². The zero-order chi connectivity index (χ0) is 14.7. The van der Waals surface area contributed by atoms with Crippen LogP contribution in [0.15, 0.2) is 55.0 Å². The third-order valence-corrected chi connectivity index (χ3v) is 3.14. The van der Waals surface area contributed by atoms with E-state index in [4.69, 9.17) is 0 Å². The lowest BCUT2D eigenvalue weighted by Crippen LogP contribution is -2.26. The van der Waals surface area contributed by atoms with Crippen LogP contribution in [0, 0.1) is 0 Å². The van der Waals surface area contributed by atoms with Crippen molar-refractivity contribution in [1.82, 2.24) is 14.6 Å². The van der Waals surface area contributed by atoms with Crippen LogP contribution in [-0.4, -0.2) is 22.7 Å². The van der Waals surface area contributed by atoms with E-state index < -0.39 is 0 Å². The number of nitrogens with zero attached hydrogens (tertiary/aromatic N) is 2. The summed E-state index contributed by atoms with van der Waals surface area (Å²) in [6, 6.07) is 13.4. The predicted molar refractivity (Wildman–Crippen MR) is 84.0 cm³/mol. The number of hydrogen-bond donors (Lipinski definition) is 2. The Bertz CT molecular complexity index is 770. The molecule has 0 fully saturated rings. The molecule has 0 spiro atoms. The summed E-state index contributed by atoms with van der Waals surface area (Å²) in [5, 5.41) is 6.00. The normalized spacial score (nSPS) is 10.3. The number of para-hydroxylation sites is 1. The number of imidazole rings is 1. The molecular weight excluding hydrogens is 263 g/mol. The lowest BCUT2D eigenvalue weighted by atomic mass is 9.99. The summed E-state index contributed by atoms with van der Waals surface area (Å²) in [6.07, 6.45) is 3.44. The van der Waals surface area contributed by atoms with Gasteiger partial charge in [0, 0.05) is 5.69 Å². The van der Waals surface area contributed by atoms with Gasteiger partial charge in [-0.2, -0.15) is 0 Å². The highest BCUT2D eigenvalue weighted by Gasteiger charge is 2.14. The summed E-state index contributed by atoms with van der Waals surface area (Å²) in [5.74, 6) is 0.530. The van der Waals surface area contributed by atoms with Crippen molar-refractivity contribution in [2.45, 2.75) is 6.82 Å². The fourth-order valence-corrected chi connectivity index (χ4v) is 2.17. The first kappa shape index (κ1) is 13.2. The molecule has 1 aromatic carbocycles. The van der Waals surface area contributed by atoms with Gasteiger partial charge in [-0.05, 0) is 24.3 Å². The lowest BCUT2D eigenvalue weighted by molar-refractivity contribution is 0.0981. The van der Waals surface area contributed by atoms with E-state index in [0.29, 0.717) is 11.4 Å². The van der Waals surface area contributed by atoms with Gasteiger partial charge in [0.1, 0.15) is 12.1 Å². The quantitative estimate of drug-likeness (QED) is 0.720. The monoisotopic (exact) mass is 277 g/mol. The van der Waals surface area contributed by atoms with Crippen LogP contribution in [0.2, 0.25) is 6.82 Å². The van der Waals surface area contributed by atoms with E-state index in [1.807, 2.05) is 40.8 Å². The molecule has 0 unspecified atom stereocenters. The molecular formula is C15H14BN4O. The zero-order valence-electron chi connectivity index (χ0n) is 11.6. The standard InChI is InChI=1S/C15H14BN4O/c1-16-19-15(21)13-8-7-12-9-17-10-20(12)14(13)18-11-5-3-2-4-6-11/h2-10,18H,1H3,(H,19,21). The number of rotatable bonds is 4. The van der Waals surface area contributed by atoms with Gasteiger partial charge in [0.05, 0.1) is 17.3 Å². The first-order chi connectivity index (χ1) is 10.3. The van der Waals surface area contributed by atoms with Crippen molar-refractivity contribution in [3.8, 4) is 0 Å². The highest BCUT2D eigenvalue weighted by Crippen LogP contribution is 2.22. The molecule has 21 heavy (non-hydrogen) atoms. The van der Waals surface area contributed by atoms with Crippen LogP contribution in [0.4, 0.5) is 11.5 Å². The third-order valence-electron chi connectivity index (χ3n) is 3.14. The van der Waals surface area contributed by atoms with Crippen molar-refractivity contribution >= 4 is 30.3 Å². The van der Waals surface area contributed by atoms with Crippen molar-refractivity contribution in [2.75, 3.05) is 5.32 Å². The second-order valence-corrected chi connectivity index (χ2v) is 4.54. The molecule has 1 amide bonds. The van der Waals surface area contributed by atoms with E-state index >= 15 is 0 Å². The van der Waals surface area contributed by atoms with Crippen molar-refractivity contribution in [1.29, 1.82) is 0 Å². The molecule has 0 aliphatic heterocycles. The number of carbonyl (C=O) groups is 1. The van der Waals surface area contributed by atoms with Crippen LogP contribution < -0.4 is 10.5 Å². The largest absolute Gasteiger partial charge is 0.400 e. The number of carbonyl (C=O) groups excluding carboxylic acids is 1. The first-order valence-corrected chi connectivity index (χ1v) is 6.65. The SMILES string of the molecule is C[B]NC(=O)c1ccc2cncn2c1Nc1ccccc1. The van der Waals surface area contributed by atoms with E-state index in [-0.39, 0.29) is 5.91 Å². The van der Waals surface area contributed by atoms with E-state index in [2.05, 4.69) is 15.5 Å². The summed E-state index contributed by atoms with van der Waals surface area (Å²) in [4.78, 5) is 16.3. The van der Waals surface area contributed by atoms with Gasteiger partial charge in [-0.1, -0.05) is 25.0 Å². The molecule has 2 aromatic heterocycles. The molecule has 2 N–H and O–H groups in total. The first-order valence-electron chi connectivity index (χ1n) is 6.65. The van der Waals surface area contributed by atoms with Crippen molar-refractivity contribution < 1.29 is 4.79 Å². The van der Waals surface area contributed by atoms with E-state index in [1.165, 1.54) is 0 Å². The topological polar surface area (TPSA) is 58.4 Å². The highest BCUT2D eigenvalue weighted by molar-refractivity contribution is 6.36. The lowest BCUT2D eigenvalue weighted by Gasteiger charge is -2.14. The second-order valence-electron chi connectivity index (χ2n) is 4.54. The Balaban J connectivity index is 2.10. The van der Waals surface area contributed by atoms with E-state index in [0.717, 1.165) is 11.2 Å². The molecule has 5 nitrogen and oxygen atoms in total. The Morgan fingerprint density at radius 1 is 1.19 bits per heavy atom. The minimum absolute atomic E-state index is 0.161. The minimum Gasteiger partial charge on any atom is -0.400 e. The number of anilines is 2. The van der Waals surface area contributed by atoms with E-state index in [9.17, 15) is 4.79 Å². The number of fused-ring (bicyclic) bond motifs is 1. The Labute approximate surface area is 123 Å². The zero-order valence-corrected chi connectivity index (χ0v) is 11.6. The Kier molecular flexibility index (Phi) is 3.60. The van der Waals surface area contributed by atoms with Crippen LogP contribution in [0.5, 0.6) is 0 Å². The molecule has 2 heterocycles. The second kappa shape index (κ2) is 5.70. The molecule has 0 bridgehead atoms. The van der Waals surface area contributed by atoms with Gasteiger partial charge >= 0.3 is 0 Å². The number of benzene rings is 1. The molecule has 3 aromatic rings. The number of nitrogens with one attached hydrogen (secondary N) is 2. The van der Waals surface area contributed by atoms with E-state index in [1.54, 1.807) is 32.8 Å². The fourth-order valence-electron chi connectivity index (χ4n) is 2.17. The molecule has 0 aliphatic rings. The van der Waals surface area contributed by atoms with Crippen LogP contribution in [0.25, 0.3) is 5.52 Å². The molecule has 0 saturated carbocycles. The molecule has 1 radical (unpaired) electrons. The summed E-state index contributed by atoms with van der Waals surface area (Å²) in [7, 11) is 1.62. The smallest absolute Gasteiger partial charge is 0.243 e. The van der Waals surface area contributed by atoms with Crippen LogP contribution in [0.3, 0.4) is 0 Å².